The number of sulfone groups is 1. The van der Waals surface area contributed by atoms with Crippen molar-refractivity contribution in [3.8, 4) is 0 Å². The highest BCUT2D eigenvalue weighted by molar-refractivity contribution is 7.91. The van der Waals surface area contributed by atoms with E-state index in [1.165, 1.54) is 11.3 Å². The van der Waals surface area contributed by atoms with Gasteiger partial charge in [-0.2, -0.15) is 0 Å². The van der Waals surface area contributed by atoms with Crippen LogP contribution in [0.25, 0.3) is 0 Å². The maximum atomic E-state index is 11.9. The number of rotatable bonds is 5. The zero-order valence-corrected chi connectivity index (χ0v) is 13.4. The zero-order chi connectivity index (χ0) is 14.1. The fourth-order valence-corrected chi connectivity index (χ4v) is 3.91. The van der Waals surface area contributed by atoms with Crippen LogP contribution in [0.5, 0.6) is 0 Å². The van der Waals surface area contributed by atoms with Crippen molar-refractivity contribution in [1.29, 1.82) is 0 Å². The summed E-state index contributed by atoms with van der Waals surface area (Å²) in [6.45, 7) is 7.30. The van der Waals surface area contributed by atoms with Gasteiger partial charge < -0.3 is 5.73 Å². The molecule has 0 unspecified atom stereocenters. The third kappa shape index (κ3) is 3.49. The van der Waals surface area contributed by atoms with Gasteiger partial charge in [0, 0.05) is 0 Å². The van der Waals surface area contributed by atoms with Gasteiger partial charge in [0.05, 0.1) is 15.8 Å². The standard InChI is InChI=1S/C11H18N2O2S3/c1-6(2)9-10(11(12)16)17-8(13-9)5-18(14,15)7(3)4/h6-7H,5H2,1-4H3,(H2,12,16). The van der Waals surface area contributed by atoms with Gasteiger partial charge in [0.25, 0.3) is 0 Å². The molecule has 0 atom stereocenters. The first kappa shape index (κ1) is 15.5. The summed E-state index contributed by atoms with van der Waals surface area (Å²) < 4.78 is 23.7. The van der Waals surface area contributed by atoms with Gasteiger partial charge in [-0.05, 0) is 19.8 Å². The number of hydrogen-bond donors (Lipinski definition) is 1. The van der Waals surface area contributed by atoms with Crippen molar-refractivity contribution in [2.45, 2.75) is 44.6 Å². The molecule has 0 aliphatic heterocycles. The van der Waals surface area contributed by atoms with Crippen molar-refractivity contribution in [2.75, 3.05) is 0 Å². The molecule has 7 heteroatoms. The predicted octanol–water partition coefficient (Wildman–Crippen LogP) is 2.22. The maximum absolute atomic E-state index is 11.9. The largest absolute Gasteiger partial charge is 0.389 e. The van der Waals surface area contributed by atoms with Crippen LogP contribution in [0.1, 0.15) is 49.2 Å². The minimum Gasteiger partial charge on any atom is -0.389 e. The monoisotopic (exact) mass is 306 g/mol. The van der Waals surface area contributed by atoms with Crippen LogP contribution in [0.2, 0.25) is 0 Å². The number of thiazole rings is 1. The minimum absolute atomic E-state index is 0.0440. The van der Waals surface area contributed by atoms with E-state index in [0.717, 1.165) is 10.6 Å². The van der Waals surface area contributed by atoms with Crippen molar-refractivity contribution < 1.29 is 8.42 Å². The molecule has 0 saturated carbocycles. The Kier molecular flexibility index (Phi) is 4.85. The Labute approximate surface area is 118 Å². The molecule has 1 aromatic heterocycles. The molecular weight excluding hydrogens is 288 g/mol. The Morgan fingerprint density at radius 2 is 1.94 bits per heavy atom. The Morgan fingerprint density at radius 1 is 1.39 bits per heavy atom. The molecule has 0 aliphatic rings. The van der Waals surface area contributed by atoms with Crippen LogP contribution in [0, 0.1) is 0 Å². The molecule has 0 fully saturated rings. The van der Waals surface area contributed by atoms with E-state index in [2.05, 4.69) is 4.98 Å². The predicted molar refractivity (Wildman–Crippen MR) is 79.9 cm³/mol. The van der Waals surface area contributed by atoms with Crippen LogP contribution in [0.4, 0.5) is 0 Å². The molecule has 4 nitrogen and oxygen atoms in total. The summed E-state index contributed by atoms with van der Waals surface area (Å²) in [7, 11) is -3.14. The maximum Gasteiger partial charge on any atom is 0.159 e. The fraction of sp³-hybridized carbons (Fsp3) is 0.636. The highest BCUT2D eigenvalue weighted by atomic mass is 32.2. The molecule has 0 amide bonds. The van der Waals surface area contributed by atoms with E-state index >= 15 is 0 Å². The van der Waals surface area contributed by atoms with Gasteiger partial charge in [0.15, 0.2) is 9.84 Å². The molecule has 0 bridgehead atoms. The van der Waals surface area contributed by atoms with Gasteiger partial charge in [-0.25, -0.2) is 13.4 Å². The molecule has 0 spiro atoms. The lowest BCUT2D eigenvalue weighted by atomic mass is 10.1. The summed E-state index contributed by atoms with van der Waals surface area (Å²) in [5.41, 5.74) is 6.43. The van der Waals surface area contributed by atoms with Gasteiger partial charge >= 0.3 is 0 Å². The SMILES string of the molecule is CC(C)c1nc(CS(=O)(=O)C(C)C)sc1C(N)=S. The number of nitrogens with zero attached hydrogens (tertiary/aromatic N) is 1. The molecule has 0 aliphatic carbocycles. The topological polar surface area (TPSA) is 73.0 Å². The molecule has 1 rings (SSSR count). The van der Waals surface area contributed by atoms with Gasteiger partial charge in [-0.3, -0.25) is 0 Å². The van der Waals surface area contributed by atoms with Gasteiger partial charge in [0.1, 0.15) is 15.7 Å². The van der Waals surface area contributed by atoms with E-state index < -0.39 is 15.1 Å². The van der Waals surface area contributed by atoms with Crippen LogP contribution in [-0.4, -0.2) is 23.6 Å². The lowest BCUT2D eigenvalue weighted by molar-refractivity contribution is 0.586. The normalized spacial score (nSPS) is 12.3. The Morgan fingerprint density at radius 3 is 2.28 bits per heavy atom. The van der Waals surface area contributed by atoms with Crippen molar-refractivity contribution in [3.05, 3.63) is 15.6 Å². The molecule has 0 radical (unpaired) electrons. The summed E-state index contributed by atoms with van der Waals surface area (Å²) in [6.07, 6.45) is 0. The van der Waals surface area contributed by atoms with Crippen LogP contribution in [0.15, 0.2) is 0 Å². The molecule has 1 heterocycles. The van der Waals surface area contributed by atoms with E-state index in [9.17, 15) is 8.42 Å². The molecule has 18 heavy (non-hydrogen) atoms. The van der Waals surface area contributed by atoms with Crippen LogP contribution in [-0.2, 0) is 15.6 Å². The van der Waals surface area contributed by atoms with E-state index in [-0.39, 0.29) is 16.7 Å². The Bertz CT molecular complexity index is 545. The second-order valence-electron chi connectivity index (χ2n) is 4.70. The first-order valence-electron chi connectivity index (χ1n) is 5.66. The van der Waals surface area contributed by atoms with E-state index in [0.29, 0.717) is 5.01 Å². The summed E-state index contributed by atoms with van der Waals surface area (Å²) in [5.74, 6) is 0.130. The van der Waals surface area contributed by atoms with Gasteiger partial charge in [-0.1, -0.05) is 26.1 Å². The second kappa shape index (κ2) is 5.63. The van der Waals surface area contributed by atoms with Crippen LogP contribution in [0.3, 0.4) is 0 Å². The lowest BCUT2D eigenvalue weighted by Crippen LogP contribution is -2.15. The average Bonchev–Trinajstić information content (AvgIpc) is 2.60. The van der Waals surface area contributed by atoms with Crippen molar-refractivity contribution in [1.82, 2.24) is 4.98 Å². The Balaban J connectivity index is 3.14. The third-order valence-corrected chi connectivity index (χ3v) is 6.24. The van der Waals surface area contributed by atoms with Crippen molar-refractivity contribution in [2.24, 2.45) is 5.73 Å². The molecular formula is C11H18N2O2S3. The molecule has 2 N–H and O–H groups in total. The van der Waals surface area contributed by atoms with Crippen molar-refractivity contribution >= 4 is 38.4 Å². The Hall–Kier alpha value is -0.530. The third-order valence-electron chi connectivity index (χ3n) is 2.51. The minimum atomic E-state index is -3.14. The van der Waals surface area contributed by atoms with Crippen molar-refractivity contribution in [3.63, 3.8) is 0 Å². The first-order valence-corrected chi connectivity index (χ1v) is 8.60. The van der Waals surface area contributed by atoms with Crippen LogP contribution >= 0.6 is 23.6 Å². The highest BCUT2D eigenvalue weighted by Crippen LogP contribution is 2.26. The smallest absolute Gasteiger partial charge is 0.159 e. The van der Waals surface area contributed by atoms with E-state index in [1.807, 2.05) is 13.8 Å². The summed E-state index contributed by atoms with van der Waals surface area (Å²) in [4.78, 5) is 5.38. The molecule has 0 aromatic carbocycles. The molecule has 102 valence electrons. The van der Waals surface area contributed by atoms with E-state index in [1.54, 1.807) is 13.8 Å². The number of hydrogen-bond acceptors (Lipinski definition) is 5. The van der Waals surface area contributed by atoms with Gasteiger partial charge in [0.2, 0.25) is 0 Å². The second-order valence-corrected chi connectivity index (χ2v) is 8.78. The molecule has 1 aromatic rings. The fourth-order valence-electron chi connectivity index (χ4n) is 1.35. The van der Waals surface area contributed by atoms with Gasteiger partial charge in [-0.15, -0.1) is 11.3 Å². The lowest BCUT2D eigenvalue weighted by Gasteiger charge is -2.04. The summed E-state index contributed by atoms with van der Waals surface area (Å²) >= 11 is 6.26. The first-order chi connectivity index (χ1) is 8.15. The number of nitrogens with two attached hydrogens (primary N) is 1. The average molecular weight is 306 g/mol. The number of thiocarbonyl (C=S) groups is 1. The quantitative estimate of drug-likeness (QED) is 0.844. The summed E-state index contributed by atoms with van der Waals surface area (Å²) in [6, 6.07) is 0. The summed E-state index contributed by atoms with van der Waals surface area (Å²) in [5, 5.41) is 0.160. The van der Waals surface area contributed by atoms with E-state index in [4.69, 9.17) is 18.0 Å². The van der Waals surface area contributed by atoms with Crippen LogP contribution < -0.4 is 5.73 Å². The highest BCUT2D eigenvalue weighted by Gasteiger charge is 2.22. The zero-order valence-electron chi connectivity index (χ0n) is 10.9. The number of aromatic nitrogens is 1. The molecule has 0 saturated heterocycles.